The lowest BCUT2D eigenvalue weighted by Crippen LogP contribution is -2.26. The van der Waals surface area contributed by atoms with Crippen LogP contribution >= 0.6 is 0 Å². The number of hydrogen-bond donors (Lipinski definition) is 2. The fraction of sp³-hybridized carbons (Fsp3) is 0.300. The summed E-state index contributed by atoms with van der Waals surface area (Å²) in [6, 6.07) is 0. The highest BCUT2D eigenvalue weighted by molar-refractivity contribution is 5.81. The predicted molar refractivity (Wildman–Crippen MR) is 54.8 cm³/mol. The summed E-state index contributed by atoms with van der Waals surface area (Å²) in [5.41, 5.74) is 5.34. The van der Waals surface area contributed by atoms with Gasteiger partial charge in [0.05, 0.1) is 5.92 Å². The van der Waals surface area contributed by atoms with Gasteiger partial charge in [0.1, 0.15) is 0 Å². The number of hydrogen-bond acceptors (Lipinski definition) is 2. The van der Waals surface area contributed by atoms with Crippen molar-refractivity contribution in [3.8, 4) is 0 Å². The zero-order chi connectivity index (χ0) is 10.1. The van der Waals surface area contributed by atoms with Gasteiger partial charge in [-0.3, -0.25) is 4.79 Å². The number of carbonyl (C=O) groups is 1. The van der Waals surface area contributed by atoms with E-state index in [1.807, 2.05) is 0 Å². The fourth-order valence-electron chi connectivity index (χ4n) is 0.841. The van der Waals surface area contributed by atoms with E-state index < -0.39 is 0 Å². The first kappa shape index (κ1) is 11.6. The van der Waals surface area contributed by atoms with Crippen molar-refractivity contribution in [1.29, 1.82) is 0 Å². The Labute approximate surface area is 79.0 Å². The average Bonchev–Trinajstić information content (AvgIpc) is 2.14. The fourth-order valence-corrected chi connectivity index (χ4v) is 0.841. The molecule has 3 nitrogen and oxygen atoms in total. The van der Waals surface area contributed by atoms with Crippen molar-refractivity contribution in [3.05, 3.63) is 37.6 Å². The topological polar surface area (TPSA) is 55.1 Å². The van der Waals surface area contributed by atoms with E-state index in [1.54, 1.807) is 24.4 Å². The van der Waals surface area contributed by atoms with E-state index in [0.717, 1.165) is 0 Å². The Bertz CT molecular complexity index is 209. The first-order chi connectivity index (χ1) is 6.26. The summed E-state index contributed by atoms with van der Waals surface area (Å²) < 4.78 is 0. The molecular weight excluding hydrogens is 164 g/mol. The van der Waals surface area contributed by atoms with E-state index in [9.17, 15) is 4.79 Å². The van der Waals surface area contributed by atoms with E-state index >= 15 is 0 Å². The lowest BCUT2D eigenvalue weighted by Gasteiger charge is -2.08. The molecule has 13 heavy (non-hydrogen) atoms. The number of allylic oxidation sites excluding steroid dienone is 2. The summed E-state index contributed by atoms with van der Waals surface area (Å²) >= 11 is 0. The van der Waals surface area contributed by atoms with Crippen LogP contribution in [0.15, 0.2) is 37.6 Å². The monoisotopic (exact) mass is 180 g/mol. The summed E-state index contributed by atoms with van der Waals surface area (Å²) in [4.78, 5) is 11.3. The molecule has 0 aliphatic heterocycles. The highest BCUT2D eigenvalue weighted by Gasteiger charge is 2.11. The SMILES string of the molecule is C=C/C=C/NC(=O)C(C=C)CCN. The third kappa shape index (κ3) is 4.98. The minimum Gasteiger partial charge on any atom is -0.332 e. The molecule has 0 heterocycles. The van der Waals surface area contributed by atoms with Crippen LogP contribution in [0.2, 0.25) is 0 Å². The second kappa shape index (κ2) is 7.31. The molecule has 0 radical (unpaired) electrons. The van der Waals surface area contributed by atoms with Crippen LogP contribution in [0, 0.1) is 5.92 Å². The van der Waals surface area contributed by atoms with Crippen molar-refractivity contribution < 1.29 is 4.79 Å². The van der Waals surface area contributed by atoms with Gasteiger partial charge >= 0.3 is 0 Å². The molecule has 0 aliphatic rings. The molecule has 0 aliphatic carbocycles. The molecule has 72 valence electrons. The molecule has 3 heteroatoms. The van der Waals surface area contributed by atoms with Crippen molar-refractivity contribution in [2.75, 3.05) is 6.54 Å². The van der Waals surface area contributed by atoms with Crippen molar-refractivity contribution in [2.24, 2.45) is 11.7 Å². The largest absolute Gasteiger partial charge is 0.332 e. The molecule has 0 aromatic rings. The normalized spacial score (nSPS) is 12.4. The summed E-state index contributed by atoms with van der Waals surface area (Å²) in [6.07, 6.45) is 7.01. The molecule has 0 rings (SSSR count). The number of nitrogens with two attached hydrogens (primary N) is 1. The van der Waals surface area contributed by atoms with Crippen molar-refractivity contribution in [3.63, 3.8) is 0 Å². The molecule has 1 amide bonds. The molecule has 1 atom stereocenters. The van der Waals surface area contributed by atoms with Gasteiger partial charge in [-0.1, -0.05) is 18.7 Å². The number of carbonyl (C=O) groups excluding carboxylic acids is 1. The average molecular weight is 180 g/mol. The molecule has 0 aromatic heterocycles. The van der Waals surface area contributed by atoms with E-state index in [2.05, 4.69) is 18.5 Å². The molecule has 0 fully saturated rings. The van der Waals surface area contributed by atoms with Gasteiger partial charge < -0.3 is 11.1 Å². The van der Waals surface area contributed by atoms with Crippen LogP contribution in [0.4, 0.5) is 0 Å². The van der Waals surface area contributed by atoms with Crippen LogP contribution in [-0.2, 0) is 4.79 Å². The van der Waals surface area contributed by atoms with Crippen LogP contribution in [-0.4, -0.2) is 12.5 Å². The van der Waals surface area contributed by atoms with Gasteiger partial charge in [-0.05, 0) is 19.0 Å². The van der Waals surface area contributed by atoms with Crippen LogP contribution < -0.4 is 11.1 Å². The van der Waals surface area contributed by atoms with Crippen LogP contribution in [0.3, 0.4) is 0 Å². The molecule has 3 N–H and O–H groups in total. The predicted octanol–water partition coefficient (Wildman–Crippen LogP) is 0.953. The Hall–Kier alpha value is -1.35. The Balaban J connectivity index is 3.97. The maximum Gasteiger partial charge on any atom is 0.230 e. The Morgan fingerprint density at radius 2 is 2.23 bits per heavy atom. The Kier molecular flexibility index (Phi) is 6.55. The van der Waals surface area contributed by atoms with Gasteiger partial charge in [-0.2, -0.15) is 0 Å². The Morgan fingerprint density at radius 1 is 1.54 bits per heavy atom. The van der Waals surface area contributed by atoms with Crippen molar-refractivity contribution in [2.45, 2.75) is 6.42 Å². The minimum absolute atomic E-state index is 0.0847. The first-order valence-electron chi connectivity index (χ1n) is 4.16. The van der Waals surface area contributed by atoms with Gasteiger partial charge in [-0.15, -0.1) is 6.58 Å². The van der Waals surface area contributed by atoms with Crippen molar-refractivity contribution in [1.82, 2.24) is 5.32 Å². The second-order valence-corrected chi connectivity index (χ2v) is 2.52. The zero-order valence-corrected chi connectivity index (χ0v) is 7.70. The number of rotatable bonds is 6. The molecule has 0 bridgehead atoms. The highest BCUT2D eigenvalue weighted by Crippen LogP contribution is 2.02. The second-order valence-electron chi connectivity index (χ2n) is 2.52. The van der Waals surface area contributed by atoms with Crippen LogP contribution in [0.1, 0.15) is 6.42 Å². The van der Waals surface area contributed by atoms with Gasteiger partial charge in [0.25, 0.3) is 0 Å². The van der Waals surface area contributed by atoms with Crippen LogP contribution in [0.5, 0.6) is 0 Å². The first-order valence-corrected chi connectivity index (χ1v) is 4.16. The third-order valence-electron chi connectivity index (χ3n) is 1.56. The lowest BCUT2D eigenvalue weighted by molar-refractivity contribution is -0.122. The van der Waals surface area contributed by atoms with E-state index in [-0.39, 0.29) is 11.8 Å². The standard InChI is InChI=1S/C10H16N2O/c1-3-5-8-12-10(13)9(4-2)6-7-11/h3-5,8-9H,1-2,6-7,11H2,(H,12,13)/b8-5+. The molecule has 0 spiro atoms. The van der Waals surface area contributed by atoms with Gasteiger partial charge in [-0.25, -0.2) is 0 Å². The molecule has 1 unspecified atom stereocenters. The van der Waals surface area contributed by atoms with Crippen molar-refractivity contribution >= 4 is 5.91 Å². The zero-order valence-electron chi connectivity index (χ0n) is 7.70. The van der Waals surface area contributed by atoms with Gasteiger partial charge in [0.2, 0.25) is 5.91 Å². The maximum absolute atomic E-state index is 11.3. The van der Waals surface area contributed by atoms with Gasteiger partial charge in [0.15, 0.2) is 0 Å². The summed E-state index contributed by atoms with van der Waals surface area (Å²) in [7, 11) is 0. The lowest BCUT2D eigenvalue weighted by atomic mass is 10.1. The smallest absolute Gasteiger partial charge is 0.230 e. The molecular formula is C10H16N2O. The third-order valence-corrected chi connectivity index (χ3v) is 1.56. The van der Waals surface area contributed by atoms with E-state index in [0.29, 0.717) is 13.0 Å². The summed E-state index contributed by atoms with van der Waals surface area (Å²) in [5, 5.41) is 2.60. The maximum atomic E-state index is 11.3. The number of amides is 1. The Morgan fingerprint density at radius 3 is 2.69 bits per heavy atom. The molecule has 0 saturated carbocycles. The van der Waals surface area contributed by atoms with Gasteiger partial charge in [0, 0.05) is 6.20 Å². The molecule has 0 saturated heterocycles. The summed E-state index contributed by atoms with van der Waals surface area (Å²) in [6.45, 7) is 7.53. The molecule has 0 aromatic carbocycles. The number of nitrogens with one attached hydrogen (secondary N) is 1. The summed E-state index contributed by atoms with van der Waals surface area (Å²) in [5.74, 6) is -0.294. The minimum atomic E-state index is -0.209. The quantitative estimate of drug-likeness (QED) is 0.472. The van der Waals surface area contributed by atoms with Crippen LogP contribution in [0.25, 0.3) is 0 Å². The van der Waals surface area contributed by atoms with E-state index in [4.69, 9.17) is 5.73 Å². The highest BCUT2D eigenvalue weighted by atomic mass is 16.1. The van der Waals surface area contributed by atoms with E-state index in [1.165, 1.54) is 0 Å².